The van der Waals surface area contributed by atoms with E-state index in [-0.39, 0.29) is 36.3 Å². The summed E-state index contributed by atoms with van der Waals surface area (Å²) < 4.78 is 0.398. The second-order valence-electron chi connectivity index (χ2n) is 5.77. The molecular weight excluding hydrogens is 384 g/mol. The molecule has 2 aromatic carbocycles. The van der Waals surface area contributed by atoms with E-state index < -0.39 is 0 Å². The number of thioether (sulfide) groups is 1. The number of rotatable bonds is 5. The van der Waals surface area contributed by atoms with E-state index in [9.17, 15) is 19.8 Å². The maximum Gasteiger partial charge on any atom is 0.266 e. The fourth-order valence-corrected chi connectivity index (χ4v) is 3.74. The SMILES string of the molecule is O=C(CCN1C(=O)/C(=C/c2ccc(O)cc2)SC1=S)Nc1cccc(O)c1. The maximum atomic E-state index is 12.5. The molecule has 0 atom stereocenters. The molecule has 8 heteroatoms. The van der Waals surface area contributed by atoms with Crippen molar-refractivity contribution in [3.8, 4) is 11.5 Å². The molecule has 1 heterocycles. The number of nitrogens with zero attached hydrogens (tertiary/aromatic N) is 1. The average Bonchev–Trinajstić information content (AvgIpc) is 2.88. The first-order valence-electron chi connectivity index (χ1n) is 8.05. The number of phenolic OH excluding ortho intramolecular Hbond substituents is 2. The molecule has 6 nitrogen and oxygen atoms in total. The summed E-state index contributed by atoms with van der Waals surface area (Å²) in [6, 6.07) is 12.7. The standard InChI is InChI=1S/C19H16N2O4S2/c22-14-6-4-12(5-7-14)10-16-18(25)21(19(26)27-16)9-8-17(24)20-13-2-1-3-15(23)11-13/h1-7,10-11,22-23H,8-9H2,(H,20,24)/b16-10-. The minimum absolute atomic E-state index is 0.0594. The highest BCUT2D eigenvalue weighted by molar-refractivity contribution is 8.26. The van der Waals surface area contributed by atoms with E-state index >= 15 is 0 Å². The van der Waals surface area contributed by atoms with Crippen LogP contribution in [0.4, 0.5) is 5.69 Å². The van der Waals surface area contributed by atoms with Crippen LogP contribution in [0.3, 0.4) is 0 Å². The molecule has 0 unspecified atom stereocenters. The molecule has 0 aliphatic carbocycles. The molecule has 1 aliphatic heterocycles. The molecule has 0 spiro atoms. The van der Waals surface area contributed by atoms with Crippen LogP contribution in [0.1, 0.15) is 12.0 Å². The molecule has 0 aromatic heterocycles. The van der Waals surface area contributed by atoms with Gasteiger partial charge in [-0.05, 0) is 35.9 Å². The largest absolute Gasteiger partial charge is 0.508 e. The van der Waals surface area contributed by atoms with E-state index in [1.807, 2.05) is 0 Å². The average molecular weight is 400 g/mol. The van der Waals surface area contributed by atoms with Crippen LogP contribution < -0.4 is 5.32 Å². The number of aromatic hydroxyl groups is 2. The Morgan fingerprint density at radius 2 is 1.89 bits per heavy atom. The van der Waals surface area contributed by atoms with Gasteiger partial charge in [-0.15, -0.1) is 0 Å². The highest BCUT2D eigenvalue weighted by atomic mass is 32.2. The van der Waals surface area contributed by atoms with Crippen molar-refractivity contribution in [3.05, 3.63) is 59.0 Å². The number of nitrogens with one attached hydrogen (secondary N) is 1. The Bertz CT molecular complexity index is 926. The molecule has 1 aliphatic rings. The lowest BCUT2D eigenvalue weighted by Crippen LogP contribution is -2.31. The minimum Gasteiger partial charge on any atom is -0.508 e. The minimum atomic E-state index is -0.280. The first-order chi connectivity index (χ1) is 12.9. The van der Waals surface area contributed by atoms with Crippen molar-refractivity contribution >= 4 is 51.9 Å². The van der Waals surface area contributed by atoms with Crippen molar-refractivity contribution in [2.45, 2.75) is 6.42 Å². The number of amides is 2. The third kappa shape index (κ3) is 4.87. The monoisotopic (exact) mass is 400 g/mol. The van der Waals surface area contributed by atoms with E-state index in [1.165, 1.54) is 40.9 Å². The summed E-state index contributed by atoms with van der Waals surface area (Å²) in [4.78, 5) is 26.5. The molecule has 0 saturated carbocycles. The summed E-state index contributed by atoms with van der Waals surface area (Å²) in [6.07, 6.45) is 1.78. The second kappa shape index (κ2) is 8.24. The van der Waals surface area contributed by atoms with Crippen LogP contribution in [0, 0.1) is 0 Å². The molecule has 0 radical (unpaired) electrons. The number of anilines is 1. The number of carbonyl (C=O) groups is 2. The van der Waals surface area contributed by atoms with Gasteiger partial charge < -0.3 is 15.5 Å². The van der Waals surface area contributed by atoms with E-state index in [2.05, 4.69) is 5.32 Å². The Morgan fingerprint density at radius 1 is 1.15 bits per heavy atom. The fraction of sp³-hybridized carbons (Fsp3) is 0.105. The van der Waals surface area contributed by atoms with Crippen molar-refractivity contribution in [2.75, 3.05) is 11.9 Å². The summed E-state index contributed by atoms with van der Waals surface area (Å²) in [5.74, 6) is -0.318. The van der Waals surface area contributed by atoms with Crippen LogP contribution in [-0.4, -0.2) is 37.8 Å². The summed E-state index contributed by atoms with van der Waals surface area (Å²) in [7, 11) is 0. The van der Waals surface area contributed by atoms with Gasteiger partial charge in [0.2, 0.25) is 5.91 Å². The molecule has 3 rings (SSSR count). The lowest BCUT2D eigenvalue weighted by Gasteiger charge is -2.14. The van der Waals surface area contributed by atoms with E-state index in [0.717, 1.165) is 5.56 Å². The van der Waals surface area contributed by atoms with Crippen molar-refractivity contribution in [3.63, 3.8) is 0 Å². The van der Waals surface area contributed by atoms with Gasteiger partial charge in [0.05, 0.1) is 4.91 Å². The van der Waals surface area contributed by atoms with Gasteiger partial charge >= 0.3 is 0 Å². The molecule has 2 amide bonds. The maximum absolute atomic E-state index is 12.5. The molecule has 27 heavy (non-hydrogen) atoms. The normalized spacial score (nSPS) is 15.4. The molecular formula is C19H16N2O4S2. The van der Waals surface area contributed by atoms with E-state index in [1.54, 1.807) is 30.3 Å². The Morgan fingerprint density at radius 3 is 2.59 bits per heavy atom. The van der Waals surface area contributed by atoms with Gasteiger partial charge in [0.1, 0.15) is 15.8 Å². The van der Waals surface area contributed by atoms with Crippen molar-refractivity contribution in [2.24, 2.45) is 0 Å². The van der Waals surface area contributed by atoms with Gasteiger partial charge in [-0.3, -0.25) is 14.5 Å². The second-order valence-corrected chi connectivity index (χ2v) is 7.45. The number of hydrogen-bond acceptors (Lipinski definition) is 6. The van der Waals surface area contributed by atoms with Gasteiger partial charge in [-0.1, -0.05) is 42.2 Å². The predicted octanol–water partition coefficient (Wildman–Crippen LogP) is 3.33. The zero-order chi connectivity index (χ0) is 19.4. The van der Waals surface area contributed by atoms with Crippen LogP contribution in [0.2, 0.25) is 0 Å². The first-order valence-corrected chi connectivity index (χ1v) is 9.28. The Hall–Kier alpha value is -2.84. The molecule has 1 fully saturated rings. The highest BCUT2D eigenvalue weighted by Crippen LogP contribution is 2.32. The van der Waals surface area contributed by atoms with Crippen LogP contribution in [-0.2, 0) is 9.59 Å². The summed E-state index contributed by atoms with van der Waals surface area (Å²) in [6.45, 7) is 0.169. The van der Waals surface area contributed by atoms with Crippen molar-refractivity contribution in [1.82, 2.24) is 4.90 Å². The van der Waals surface area contributed by atoms with E-state index in [0.29, 0.717) is 14.9 Å². The van der Waals surface area contributed by atoms with Crippen molar-refractivity contribution < 1.29 is 19.8 Å². The lowest BCUT2D eigenvalue weighted by molar-refractivity contribution is -0.122. The summed E-state index contributed by atoms with van der Waals surface area (Å²) in [5, 5.41) is 21.4. The van der Waals surface area contributed by atoms with Crippen LogP contribution in [0.5, 0.6) is 11.5 Å². The first kappa shape index (κ1) is 18.9. The number of phenols is 2. The van der Waals surface area contributed by atoms with Gasteiger partial charge in [-0.25, -0.2) is 0 Å². The van der Waals surface area contributed by atoms with Gasteiger partial charge in [0.15, 0.2) is 0 Å². The zero-order valence-corrected chi connectivity index (χ0v) is 15.7. The number of benzene rings is 2. The number of hydrogen-bond donors (Lipinski definition) is 3. The predicted molar refractivity (Wildman–Crippen MR) is 109 cm³/mol. The lowest BCUT2D eigenvalue weighted by atomic mass is 10.2. The Kier molecular flexibility index (Phi) is 5.78. The number of thiocarbonyl (C=S) groups is 1. The molecule has 2 aromatic rings. The van der Waals surface area contributed by atoms with Crippen LogP contribution in [0.15, 0.2) is 53.4 Å². The highest BCUT2D eigenvalue weighted by Gasteiger charge is 2.32. The summed E-state index contributed by atoms with van der Waals surface area (Å²) in [5.41, 5.74) is 1.26. The summed E-state index contributed by atoms with van der Waals surface area (Å²) >= 11 is 6.43. The molecule has 0 bridgehead atoms. The topological polar surface area (TPSA) is 89.9 Å². The Labute approximate surface area is 165 Å². The Balaban J connectivity index is 1.60. The fourth-order valence-electron chi connectivity index (χ4n) is 2.44. The van der Waals surface area contributed by atoms with E-state index in [4.69, 9.17) is 12.2 Å². The van der Waals surface area contributed by atoms with Crippen LogP contribution >= 0.6 is 24.0 Å². The number of carbonyl (C=O) groups excluding carboxylic acids is 2. The quantitative estimate of drug-likeness (QED) is 0.527. The smallest absolute Gasteiger partial charge is 0.266 e. The molecule has 138 valence electrons. The van der Waals surface area contributed by atoms with Gasteiger partial charge in [-0.2, -0.15) is 0 Å². The zero-order valence-electron chi connectivity index (χ0n) is 14.1. The third-order valence-electron chi connectivity index (χ3n) is 3.76. The van der Waals surface area contributed by atoms with Gasteiger partial charge in [0, 0.05) is 24.7 Å². The third-order valence-corrected chi connectivity index (χ3v) is 5.13. The molecule has 1 saturated heterocycles. The van der Waals surface area contributed by atoms with Gasteiger partial charge in [0.25, 0.3) is 5.91 Å². The van der Waals surface area contributed by atoms with Crippen LogP contribution in [0.25, 0.3) is 6.08 Å². The molecule has 3 N–H and O–H groups in total. The van der Waals surface area contributed by atoms with Crippen molar-refractivity contribution in [1.29, 1.82) is 0 Å².